The number of nitrogens with zero attached hydrogens (tertiary/aromatic N) is 4. The number of carbonyl (C=O) groups excluding carboxylic acids is 3. The van der Waals surface area contributed by atoms with E-state index in [0.29, 0.717) is 25.9 Å². The molecule has 0 aromatic heterocycles. The zero-order valence-electron chi connectivity index (χ0n) is 23.6. The van der Waals surface area contributed by atoms with E-state index >= 15 is 0 Å². The highest BCUT2D eigenvalue weighted by atomic mass is 32.2. The molecule has 3 saturated heterocycles. The van der Waals surface area contributed by atoms with Crippen LogP contribution in [0.5, 0.6) is 0 Å². The fourth-order valence-electron chi connectivity index (χ4n) is 5.69. The second-order valence-electron chi connectivity index (χ2n) is 11.3. The van der Waals surface area contributed by atoms with Gasteiger partial charge >= 0.3 is 6.09 Å². The van der Waals surface area contributed by atoms with Crippen molar-refractivity contribution in [3.63, 3.8) is 0 Å². The summed E-state index contributed by atoms with van der Waals surface area (Å²) in [4.78, 5) is 50.7. The largest absolute Gasteiger partial charge is 0.444 e. The van der Waals surface area contributed by atoms with Gasteiger partial charge in [0.1, 0.15) is 17.7 Å². The monoisotopic (exact) mass is 574 g/mol. The molecule has 2 N–H and O–H groups in total. The Morgan fingerprint density at radius 3 is 2.60 bits per heavy atom. The van der Waals surface area contributed by atoms with Crippen LogP contribution in [-0.4, -0.2) is 89.1 Å². The lowest BCUT2D eigenvalue weighted by atomic mass is 10.1. The lowest BCUT2D eigenvalue weighted by Crippen LogP contribution is -2.59. The standard InChI is InChI=1S/C27H38N6O6S/c1-17(18-8-10-21(11-9-18)40-39-38-29-5)33-20-13-23(25(33)35)31(15-20)16-22(30-26(36)37-27(2,3)4)24(34)32-12-6-7-19(32)14-28/h8-11,17,19-20,22-23,29H,6-7,12-13,15-16H2,1-5H3,(H,30,36)/t17-,19-,20-,22-,23-/m0/s1. The van der Waals surface area contributed by atoms with Gasteiger partial charge in [-0.2, -0.15) is 10.7 Å². The molecule has 40 heavy (non-hydrogen) atoms. The molecule has 13 heteroatoms. The minimum atomic E-state index is -0.930. The van der Waals surface area contributed by atoms with Gasteiger partial charge in [0.2, 0.25) is 11.8 Å². The molecule has 0 unspecified atom stereocenters. The molecule has 0 saturated carbocycles. The van der Waals surface area contributed by atoms with Gasteiger partial charge in [-0.3, -0.25) is 14.5 Å². The number of nitrogens with one attached hydrogen (secondary N) is 2. The van der Waals surface area contributed by atoms with Crippen LogP contribution in [0.1, 0.15) is 58.6 Å². The summed E-state index contributed by atoms with van der Waals surface area (Å²) < 4.78 is 10.4. The van der Waals surface area contributed by atoms with Crippen molar-refractivity contribution < 1.29 is 28.4 Å². The number of alkyl carbamates (subject to hydrolysis) is 1. The number of hydroxylamine groups is 1. The fraction of sp³-hybridized carbons (Fsp3) is 0.630. The molecule has 1 aromatic carbocycles. The quantitative estimate of drug-likeness (QED) is 0.186. The number of piperazine rings is 1. The minimum absolute atomic E-state index is 0.00694. The van der Waals surface area contributed by atoms with E-state index in [2.05, 4.69) is 21.9 Å². The topological polar surface area (TPSA) is 136 Å². The van der Waals surface area contributed by atoms with Crippen LogP contribution in [0.3, 0.4) is 0 Å². The molecule has 218 valence electrons. The summed E-state index contributed by atoms with van der Waals surface area (Å²) >= 11 is 1.08. The van der Waals surface area contributed by atoms with Gasteiger partial charge in [0.25, 0.3) is 0 Å². The number of hydrogen-bond donors (Lipinski definition) is 2. The van der Waals surface area contributed by atoms with Crippen LogP contribution in [0.4, 0.5) is 4.79 Å². The van der Waals surface area contributed by atoms with E-state index in [1.165, 1.54) is 4.90 Å². The molecule has 1 aromatic rings. The van der Waals surface area contributed by atoms with E-state index < -0.39 is 23.8 Å². The van der Waals surface area contributed by atoms with Crippen LogP contribution in [0.25, 0.3) is 0 Å². The van der Waals surface area contributed by atoms with Crippen molar-refractivity contribution in [2.45, 2.75) is 87.7 Å². The van der Waals surface area contributed by atoms with Crippen molar-refractivity contribution in [2.75, 3.05) is 26.7 Å². The maximum Gasteiger partial charge on any atom is 0.408 e. The Balaban J connectivity index is 1.43. The van der Waals surface area contributed by atoms with Gasteiger partial charge in [-0.05, 0) is 64.7 Å². The zero-order chi connectivity index (χ0) is 29.0. The molecule has 2 bridgehead atoms. The number of nitriles is 1. The van der Waals surface area contributed by atoms with E-state index in [9.17, 15) is 19.6 Å². The van der Waals surface area contributed by atoms with Gasteiger partial charge in [0, 0.05) is 37.6 Å². The maximum atomic E-state index is 13.5. The van der Waals surface area contributed by atoms with Crippen molar-refractivity contribution in [1.82, 2.24) is 25.5 Å². The third kappa shape index (κ3) is 6.87. The summed E-state index contributed by atoms with van der Waals surface area (Å²) in [7, 11) is 1.60. The Hall–Kier alpha value is -2.89. The number of rotatable bonds is 10. The molecule has 3 heterocycles. The van der Waals surface area contributed by atoms with E-state index in [4.69, 9.17) is 9.07 Å². The first-order valence-electron chi connectivity index (χ1n) is 13.5. The first kappa shape index (κ1) is 30.1. The third-order valence-electron chi connectivity index (χ3n) is 7.43. The number of fused-ring (bicyclic) bond motifs is 2. The number of likely N-dealkylation sites (tertiary alicyclic amines) is 3. The Labute approximate surface area is 239 Å². The Bertz CT molecular complexity index is 1120. The van der Waals surface area contributed by atoms with Gasteiger partial charge in [0.05, 0.1) is 30.2 Å². The molecule has 5 atom stereocenters. The molecule has 0 spiro atoms. The van der Waals surface area contributed by atoms with E-state index in [1.807, 2.05) is 41.0 Å². The third-order valence-corrected chi connectivity index (χ3v) is 8.03. The molecule has 0 aliphatic carbocycles. The van der Waals surface area contributed by atoms with Gasteiger partial charge in [-0.25, -0.2) is 4.79 Å². The first-order valence-corrected chi connectivity index (χ1v) is 14.3. The highest BCUT2D eigenvalue weighted by Gasteiger charge is 2.52. The molecule has 3 aliphatic heterocycles. The Morgan fingerprint density at radius 1 is 1.25 bits per heavy atom. The van der Waals surface area contributed by atoms with Crippen molar-refractivity contribution in [3.05, 3.63) is 29.8 Å². The second-order valence-corrected chi connectivity index (χ2v) is 12.1. The lowest BCUT2D eigenvalue weighted by Gasteiger charge is -2.39. The van der Waals surface area contributed by atoms with E-state index in [-0.39, 0.29) is 36.5 Å². The molecular formula is C27H38N6O6S. The smallest absolute Gasteiger partial charge is 0.408 e. The van der Waals surface area contributed by atoms with Crippen LogP contribution in [0.15, 0.2) is 29.2 Å². The van der Waals surface area contributed by atoms with E-state index in [1.54, 1.807) is 27.8 Å². The molecule has 12 nitrogen and oxygen atoms in total. The number of hydrogen-bond acceptors (Lipinski definition) is 10. The summed E-state index contributed by atoms with van der Waals surface area (Å²) in [6.45, 7) is 8.49. The summed E-state index contributed by atoms with van der Waals surface area (Å²) in [6, 6.07) is 7.97. The molecule has 3 aliphatic rings. The van der Waals surface area contributed by atoms with Gasteiger partial charge in [-0.1, -0.05) is 12.1 Å². The maximum absolute atomic E-state index is 13.5. The first-order chi connectivity index (χ1) is 19.0. The minimum Gasteiger partial charge on any atom is -0.444 e. The molecule has 4 rings (SSSR count). The van der Waals surface area contributed by atoms with Crippen molar-refractivity contribution >= 4 is 30.0 Å². The summed E-state index contributed by atoms with van der Waals surface area (Å²) in [6.07, 6.45) is 1.30. The van der Waals surface area contributed by atoms with Crippen LogP contribution in [-0.2, 0) is 23.6 Å². The number of benzene rings is 1. The summed E-state index contributed by atoms with van der Waals surface area (Å²) in [5.41, 5.74) is 2.70. The molecular weight excluding hydrogens is 536 g/mol. The second kappa shape index (κ2) is 12.7. The predicted octanol–water partition coefficient (Wildman–Crippen LogP) is 2.53. The van der Waals surface area contributed by atoms with Gasteiger partial charge in [0.15, 0.2) is 0 Å². The van der Waals surface area contributed by atoms with Crippen LogP contribution in [0.2, 0.25) is 0 Å². The highest BCUT2D eigenvalue weighted by Crippen LogP contribution is 2.38. The zero-order valence-corrected chi connectivity index (χ0v) is 24.4. The van der Waals surface area contributed by atoms with Crippen LogP contribution in [0, 0.1) is 11.3 Å². The number of carbonyl (C=O) groups is 3. The Kier molecular flexibility index (Phi) is 9.58. The van der Waals surface area contributed by atoms with Crippen LogP contribution < -0.4 is 10.8 Å². The van der Waals surface area contributed by atoms with Gasteiger partial charge < -0.3 is 19.9 Å². The fourth-order valence-corrected chi connectivity index (χ4v) is 6.11. The average Bonchev–Trinajstić information content (AvgIpc) is 3.62. The summed E-state index contributed by atoms with van der Waals surface area (Å²) in [5.74, 6) is -0.315. The van der Waals surface area contributed by atoms with Crippen molar-refractivity contribution in [2.24, 2.45) is 0 Å². The number of ether oxygens (including phenoxy) is 1. The highest BCUT2D eigenvalue weighted by molar-refractivity contribution is 7.94. The normalized spacial score (nSPS) is 24.2. The number of amides is 3. The summed E-state index contributed by atoms with van der Waals surface area (Å²) in [5, 5.41) is 12.2. The van der Waals surface area contributed by atoms with Crippen molar-refractivity contribution in [1.29, 1.82) is 5.26 Å². The van der Waals surface area contributed by atoms with E-state index in [0.717, 1.165) is 28.9 Å². The SMILES string of the molecule is CNOOSc1ccc([C@H](C)N2C(=O)[C@@H]3C[C@H]2CN3C[C@H](NC(=O)OC(C)(C)C)C(=O)N2CCC[C@H]2C#N)cc1. The van der Waals surface area contributed by atoms with Crippen LogP contribution >= 0.6 is 12.0 Å². The Morgan fingerprint density at radius 2 is 1.98 bits per heavy atom. The van der Waals surface area contributed by atoms with Gasteiger partial charge in [-0.15, -0.1) is 9.32 Å². The molecule has 3 amide bonds. The molecule has 0 radical (unpaired) electrons. The predicted molar refractivity (Wildman–Crippen MR) is 146 cm³/mol. The average molecular weight is 575 g/mol. The van der Waals surface area contributed by atoms with Crippen molar-refractivity contribution in [3.8, 4) is 6.07 Å². The molecule has 3 fully saturated rings. The lowest BCUT2D eigenvalue weighted by molar-refractivity contribution is -0.237.